The number of halogens is 2. The third-order valence-electron chi connectivity index (χ3n) is 1.22. The minimum absolute atomic E-state index is 0.194. The molecule has 0 heterocycles. The van der Waals surface area contributed by atoms with E-state index in [4.69, 9.17) is 33.4 Å². The van der Waals surface area contributed by atoms with Gasteiger partial charge >= 0.3 is 0 Å². The van der Waals surface area contributed by atoms with E-state index in [9.17, 15) is 0 Å². The van der Waals surface area contributed by atoms with Gasteiger partial charge in [0.25, 0.3) is 0 Å². The van der Waals surface area contributed by atoms with E-state index in [-0.39, 0.29) is 5.34 Å². The van der Waals surface area contributed by atoms with E-state index >= 15 is 0 Å². The maximum atomic E-state index is 8.24. The highest BCUT2D eigenvalue weighted by Crippen LogP contribution is 1.94. The minimum Gasteiger partial charge on any atom is -0.396 e. The number of aliphatic hydroxyl groups excluding tert-OH is 2. The maximum absolute atomic E-state index is 8.24. The quantitative estimate of drug-likeness (QED) is 0.749. The van der Waals surface area contributed by atoms with Crippen molar-refractivity contribution in [1.82, 2.24) is 0 Å². The van der Waals surface area contributed by atoms with E-state index in [0.29, 0.717) is 19.1 Å². The van der Waals surface area contributed by atoms with Crippen LogP contribution >= 0.6 is 23.2 Å². The summed E-state index contributed by atoms with van der Waals surface area (Å²) in [6.45, 7) is 6.91. The average Bonchev–Trinajstić information content (AvgIpc) is 2.07. The van der Waals surface area contributed by atoms with Crippen LogP contribution in [0.3, 0.4) is 0 Å². The summed E-state index contributed by atoms with van der Waals surface area (Å²) < 4.78 is 0. The van der Waals surface area contributed by atoms with Crippen LogP contribution < -0.4 is 0 Å². The van der Waals surface area contributed by atoms with Crippen molar-refractivity contribution in [3.8, 4) is 0 Å². The third-order valence-corrected chi connectivity index (χ3v) is 1.22. The summed E-state index contributed by atoms with van der Waals surface area (Å²) in [6, 6.07) is 0. The Bertz CT molecular complexity index is 69.1. The number of aliphatic hydroxyl groups is 2. The van der Waals surface area contributed by atoms with Crippen molar-refractivity contribution in [2.45, 2.75) is 40.0 Å². The molecule has 0 bridgehead atoms. The molecule has 2 nitrogen and oxygen atoms in total. The number of rotatable bonds is 4. The van der Waals surface area contributed by atoms with Crippen LogP contribution in [0.4, 0.5) is 0 Å². The first-order valence-electron chi connectivity index (χ1n) is 4.94. The first-order chi connectivity index (χ1) is 6.60. The molecule has 4 heteroatoms. The van der Waals surface area contributed by atoms with Crippen LogP contribution in [0.2, 0.25) is 0 Å². The van der Waals surface area contributed by atoms with Crippen LogP contribution in [-0.4, -0.2) is 28.8 Å². The van der Waals surface area contributed by atoms with Crippen LogP contribution in [0.25, 0.3) is 0 Å². The molecule has 90 valence electrons. The summed E-state index contributed by atoms with van der Waals surface area (Å²) in [6.07, 6.45) is 2.97. The fraction of sp³-hybridized carbons (Fsp3) is 1.00. The van der Waals surface area contributed by atoms with Gasteiger partial charge in [-0.05, 0) is 18.8 Å². The molecule has 0 aliphatic rings. The minimum atomic E-state index is 0.194. The van der Waals surface area contributed by atoms with Gasteiger partial charge in [0.15, 0.2) is 0 Å². The molecule has 0 radical (unpaired) electrons. The highest BCUT2D eigenvalue weighted by Gasteiger charge is 1.86. The molecule has 0 amide bonds. The standard InChI is InChI=1S/C5H12O.C4H10O.CH2Cl2/c1-5(2)3-4-6;1-2-3-4-5;2-1-3/h5-6H,3-4H2,1-2H3;5H,2-4H2,1H3;1H2. The molecular formula is C10H24Cl2O2. The van der Waals surface area contributed by atoms with Gasteiger partial charge in [0.2, 0.25) is 0 Å². The second kappa shape index (κ2) is 23.4. The van der Waals surface area contributed by atoms with Crippen molar-refractivity contribution in [2.75, 3.05) is 18.6 Å². The van der Waals surface area contributed by atoms with Gasteiger partial charge in [0.1, 0.15) is 0 Å². The Kier molecular flexibility index (Phi) is 33.4. The zero-order chi connectivity index (χ0) is 11.8. The Morgan fingerprint density at radius 1 is 1.07 bits per heavy atom. The molecule has 0 aliphatic carbocycles. The predicted octanol–water partition coefficient (Wildman–Crippen LogP) is 3.23. The molecule has 0 aromatic carbocycles. The zero-order valence-electron chi connectivity index (χ0n) is 9.47. The molecule has 0 aromatic rings. The van der Waals surface area contributed by atoms with E-state index in [1.54, 1.807) is 0 Å². The van der Waals surface area contributed by atoms with Crippen LogP contribution in [0, 0.1) is 5.92 Å². The molecule has 0 rings (SSSR count). The Labute approximate surface area is 98.2 Å². The lowest BCUT2D eigenvalue weighted by Gasteiger charge is -1.95. The molecule has 0 saturated heterocycles. The smallest absolute Gasteiger partial charge is 0.0967 e. The Morgan fingerprint density at radius 2 is 1.50 bits per heavy atom. The van der Waals surface area contributed by atoms with Crippen molar-refractivity contribution in [3.63, 3.8) is 0 Å². The lowest BCUT2D eigenvalue weighted by atomic mass is 10.2. The van der Waals surface area contributed by atoms with Crippen molar-refractivity contribution < 1.29 is 10.2 Å². The second-order valence-corrected chi connectivity index (χ2v) is 3.89. The second-order valence-electron chi connectivity index (χ2n) is 3.08. The van der Waals surface area contributed by atoms with Gasteiger partial charge in [-0.15, -0.1) is 23.2 Å². The Morgan fingerprint density at radius 3 is 1.50 bits per heavy atom. The average molecular weight is 247 g/mol. The topological polar surface area (TPSA) is 40.5 Å². The molecule has 0 aromatic heterocycles. The molecule has 0 unspecified atom stereocenters. The zero-order valence-corrected chi connectivity index (χ0v) is 11.0. The molecule has 0 saturated carbocycles. The van der Waals surface area contributed by atoms with Crippen LogP contribution in [0.15, 0.2) is 0 Å². The molecule has 14 heavy (non-hydrogen) atoms. The normalized spacial score (nSPS) is 8.57. The lowest BCUT2D eigenvalue weighted by molar-refractivity contribution is 0.268. The molecule has 2 N–H and O–H groups in total. The molecule has 0 spiro atoms. The Hall–Kier alpha value is 0.500. The fourth-order valence-electron chi connectivity index (χ4n) is 0.416. The summed E-state index contributed by atoms with van der Waals surface area (Å²) in [4.78, 5) is 0. The summed E-state index contributed by atoms with van der Waals surface area (Å²) in [7, 11) is 0. The maximum Gasteiger partial charge on any atom is 0.0967 e. The van der Waals surface area contributed by atoms with Gasteiger partial charge in [0, 0.05) is 13.2 Å². The van der Waals surface area contributed by atoms with Gasteiger partial charge in [0.05, 0.1) is 5.34 Å². The highest BCUT2D eigenvalue weighted by atomic mass is 35.5. The van der Waals surface area contributed by atoms with Gasteiger partial charge in [-0.1, -0.05) is 27.2 Å². The summed E-state index contributed by atoms with van der Waals surface area (Å²) in [5.41, 5.74) is 0. The summed E-state index contributed by atoms with van der Waals surface area (Å²) >= 11 is 9.53. The van der Waals surface area contributed by atoms with Gasteiger partial charge in [-0.3, -0.25) is 0 Å². The van der Waals surface area contributed by atoms with Crippen molar-refractivity contribution >= 4 is 23.2 Å². The van der Waals surface area contributed by atoms with Crippen LogP contribution in [-0.2, 0) is 0 Å². The van der Waals surface area contributed by atoms with Gasteiger partial charge < -0.3 is 10.2 Å². The predicted molar refractivity (Wildman–Crippen MR) is 65.1 cm³/mol. The van der Waals surface area contributed by atoms with Gasteiger partial charge in [-0.25, -0.2) is 0 Å². The summed E-state index contributed by atoms with van der Waals surface area (Å²) in [5, 5.41) is 16.5. The van der Waals surface area contributed by atoms with Crippen molar-refractivity contribution in [3.05, 3.63) is 0 Å². The number of hydrogen-bond donors (Lipinski definition) is 2. The number of hydrogen-bond acceptors (Lipinski definition) is 2. The van der Waals surface area contributed by atoms with E-state index < -0.39 is 0 Å². The first kappa shape index (κ1) is 20.0. The van der Waals surface area contributed by atoms with E-state index in [2.05, 4.69) is 20.8 Å². The van der Waals surface area contributed by atoms with Crippen molar-refractivity contribution in [1.29, 1.82) is 0 Å². The molecule has 0 fully saturated rings. The molecule has 0 atom stereocenters. The van der Waals surface area contributed by atoms with Crippen LogP contribution in [0.5, 0.6) is 0 Å². The Balaban J connectivity index is -0.000000138. The molecule has 0 aliphatic heterocycles. The van der Waals surface area contributed by atoms with Crippen LogP contribution in [0.1, 0.15) is 40.0 Å². The summed E-state index contributed by atoms with van der Waals surface area (Å²) in [5.74, 6) is 0.648. The lowest BCUT2D eigenvalue weighted by Crippen LogP contribution is -1.89. The number of unbranched alkanes of at least 4 members (excludes halogenated alkanes) is 1. The SMILES string of the molecule is CC(C)CCO.CCCCO.ClCCl. The fourth-order valence-corrected chi connectivity index (χ4v) is 0.416. The third kappa shape index (κ3) is 54.6. The van der Waals surface area contributed by atoms with E-state index in [1.807, 2.05) is 0 Å². The molecular weight excluding hydrogens is 223 g/mol. The monoisotopic (exact) mass is 246 g/mol. The highest BCUT2D eigenvalue weighted by molar-refractivity contribution is 6.40. The van der Waals surface area contributed by atoms with Gasteiger partial charge in [-0.2, -0.15) is 0 Å². The largest absolute Gasteiger partial charge is 0.396 e. The van der Waals surface area contributed by atoms with E-state index in [0.717, 1.165) is 19.3 Å². The van der Waals surface area contributed by atoms with E-state index in [1.165, 1.54) is 0 Å². The van der Waals surface area contributed by atoms with Crippen molar-refractivity contribution in [2.24, 2.45) is 5.92 Å². The number of alkyl halides is 2. The first-order valence-corrected chi connectivity index (χ1v) is 6.01.